The second-order valence-corrected chi connectivity index (χ2v) is 6.76. The Morgan fingerprint density at radius 3 is 2.76 bits per heavy atom. The van der Waals surface area contributed by atoms with Crippen molar-refractivity contribution < 1.29 is 23.5 Å². The predicted molar refractivity (Wildman–Crippen MR) is 101 cm³/mol. The number of nitrogens with zero attached hydrogens (tertiary/aromatic N) is 3. The molecule has 3 aromatic heterocycles. The van der Waals surface area contributed by atoms with Crippen LogP contribution in [0.2, 0.25) is 0 Å². The third-order valence-electron chi connectivity index (χ3n) is 3.81. The lowest BCUT2D eigenvalue weighted by Crippen LogP contribution is -2.20. The van der Waals surface area contributed by atoms with E-state index in [1.165, 1.54) is 18.5 Å². The number of amides is 2. The Morgan fingerprint density at radius 1 is 1.14 bits per heavy atom. The number of aromatic nitrogens is 4. The van der Waals surface area contributed by atoms with Gasteiger partial charge in [0.25, 0.3) is 0 Å². The summed E-state index contributed by atoms with van der Waals surface area (Å²) < 4.78 is 26.8. The summed E-state index contributed by atoms with van der Waals surface area (Å²) in [6.45, 7) is 0. The van der Waals surface area contributed by atoms with Gasteiger partial charge in [-0.3, -0.25) is 10.4 Å². The minimum absolute atomic E-state index is 0.0148. The molecule has 3 heterocycles. The maximum atomic E-state index is 13.6. The summed E-state index contributed by atoms with van der Waals surface area (Å²) in [6, 6.07) is 3.22. The molecule has 4 aromatic rings. The van der Waals surface area contributed by atoms with Gasteiger partial charge in [-0.25, -0.2) is 28.3 Å². The molecule has 2 amide bonds. The minimum Gasteiger partial charge on any atom is -0.478 e. The van der Waals surface area contributed by atoms with E-state index in [1.54, 1.807) is 0 Å². The van der Waals surface area contributed by atoms with Gasteiger partial charge in [0.2, 0.25) is 0 Å². The molecule has 0 aliphatic heterocycles. The van der Waals surface area contributed by atoms with Crippen LogP contribution in [0.3, 0.4) is 0 Å². The van der Waals surface area contributed by atoms with Crippen LogP contribution in [0.4, 0.5) is 24.4 Å². The first-order valence-electron chi connectivity index (χ1n) is 7.97. The smallest absolute Gasteiger partial charge is 0.336 e. The zero-order valence-electron chi connectivity index (χ0n) is 14.2. The first-order valence-corrected chi connectivity index (χ1v) is 8.79. The SMILES string of the molecule is O=C(Nc1ncc(-c2cc(C(=O)O)c3cn[nH]c3n2)s1)Nc1cc(F)ccc1F. The van der Waals surface area contributed by atoms with Crippen molar-refractivity contribution in [3.63, 3.8) is 0 Å². The number of aromatic amines is 1. The maximum Gasteiger partial charge on any atom is 0.336 e. The van der Waals surface area contributed by atoms with Crippen LogP contribution >= 0.6 is 11.3 Å². The lowest BCUT2D eigenvalue weighted by atomic mass is 10.1. The molecule has 0 unspecified atom stereocenters. The quantitative estimate of drug-likeness (QED) is 0.401. The summed E-state index contributed by atoms with van der Waals surface area (Å²) >= 11 is 1.02. The van der Waals surface area contributed by atoms with E-state index < -0.39 is 23.6 Å². The van der Waals surface area contributed by atoms with Gasteiger partial charge in [-0.1, -0.05) is 11.3 Å². The van der Waals surface area contributed by atoms with Crippen LogP contribution in [0.1, 0.15) is 10.4 Å². The van der Waals surface area contributed by atoms with E-state index in [0.29, 0.717) is 21.6 Å². The molecule has 12 heteroatoms. The van der Waals surface area contributed by atoms with Crippen molar-refractivity contribution in [3.05, 3.63) is 53.9 Å². The van der Waals surface area contributed by atoms with E-state index in [1.807, 2.05) is 0 Å². The molecule has 146 valence electrons. The molecule has 9 nitrogen and oxygen atoms in total. The summed E-state index contributed by atoms with van der Waals surface area (Å²) in [5.74, 6) is -2.63. The monoisotopic (exact) mass is 416 g/mol. The van der Waals surface area contributed by atoms with Crippen molar-refractivity contribution in [2.24, 2.45) is 0 Å². The van der Waals surface area contributed by atoms with Crippen LogP contribution in [0.15, 0.2) is 36.7 Å². The fourth-order valence-corrected chi connectivity index (χ4v) is 3.30. The van der Waals surface area contributed by atoms with Crippen molar-refractivity contribution in [2.75, 3.05) is 10.6 Å². The average molecular weight is 416 g/mol. The molecule has 0 radical (unpaired) electrons. The number of carboxylic acids is 1. The standard InChI is InChI=1S/C17H10F2N6O3S/c18-7-1-2-10(19)11(3-7)23-16(28)24-17-20-6-13(29-17)12-4-8(15(26)27)9-5-21-25-14(9)22-12/h1-6H,(H,26,27)(H,21,22,25)(H2,20,23,24,28). The van der Waals surface area contributed by atoms with Gasteiger partial charge in [-0.05, 0) is 18.2 Å². The number of benzene rings is 1. The number of anilines is 2. The molecule has 29 heavy (non-hydrogen) atoms. The number of hydrogen-bond acceptors (Lipinski definition) is 6. The molecule has 0 bridgehead atoms. The number of pyridine rings is 1. The van der Waals surface area contributed by atoms with Crippen LogP contribution in [0.5, 0.6) is 0 Å². The highest BCUT2D eigenvalue weighted by atomic mass is 32.1. The Balaban J connectivity index is 1.56. The highest BCUT2D eigenvalue weighted by Gasteiger charge is 2.16. The molecule has 0 spiro atoms. The molecule has 0 saturated carbocycles. The van der Waals surface area contributed by atoms with Gasteiger partial charge in [-0.2, -0.15) is 5.10 Å². The number of carbonyl (C=O) groups is 2. The Morgan fingerprint density at radius 2 is 1.97 bits per heavy atom. The van der Waals surface area contributed by atoms with Gasteiger partial charge in [-0.15, -0.1) is 0 Å². The first-order chi connectivity index (χ1) is 13.9. The predicted octanol–water partition coefficient (Wildman–Crippen LogP) is 3.70. The van der Waals surface area contributed by atoms with Gasteiger partial charge in [0.1, 0.15) is 11.6 Å². The fraction of sp³-hybridized carbons (Fsp3) is 0. The number of rotatable bonds is 4. The molecular weight excluding hydrogens is 406 g/mol. The summed E-state index contributed by atoms with van der Waals surface area (Å²) in [4.78, 5) is 32.3. The van der Waals surface area contributed by atoms with Crippen molar-refractivity contribution in [1.29, 1.82) is 0 Å². The van der Waals surface area contributed by atoms with Crippen molar-refractivity contribution in [1.82, 2.24) is 20.2 Å². The third kappa shape index (κ3) is 3.73. The number of halogens is 2. The Bertz CT molecular complexity index is 1260. The average Bonchev–Trinajstić information content (AvgIpc) is 3.32. The lowest BCUT2D eigenvalue weighted by Gasteiger charge is -2.06. The fourth-order valence-electron chi connectivity index (χ4n) is 2.53. The lowest BCUT2D eigenvalue weighted by molar-refractivity contribution is 0.0699. The maximum absolute atomic E-state index is 13.6. The molecule has 1 aromatic carbocycles. The number of nitrogens with one attached hydrogen (secondary N) is 3. The zero-order valence-corrected chi connectivity index (χ0v) is 15.1. The minimum atomic E-state index is -1.14. The van der Waals surface area contributed by atoms with Gasteiger partial charge < -0.3 is 10.4 Å². The molecule has 4 rings (SSSR count). The summed E-state index contributed by atoms with van der Waals surface area (Å²) in [5, 5.41) is 20.9. The summed E-state index contributed by atoms with van der Waals surface area (Å²) in [6.07, 6.45) is 2.77. The first kappa shape index (κ1) is 18.4. The molecule has 0 atom stereocenters. The molecule has 0 aliphatic rings. The molecular formula is C17H10F2N6O3S. The van der Waals surface area contributed by atoms with Crippen LogP contribution in [-0.4, -0.2) is 37.3 Å². The summed E-state index contributed by atoms with van der Waals surface area (Å²) in [7, 11) is 0. The van der Waals surface area contributed by atoms with Gasteiger partial charge in [0, 0.05) is 12.3 Å². The molecule has 4 N–H and O–H groups in total. The number of carbonyl (C=O) groups excluding carboxylic acids is 1. The zero-order chi connectivity index (χ0) is 20.5. The van der Waals surface area contributed by atoms with Gasteiger partial charge in [0.15, 0.2) is 10.8 Å². The van der Waals surface area contributed by atoms with Crippen LogP contribution in [0.25, 0.3) is 21.6 Å². The normalized spacial score (nSPS) is 10.8. The van der Waals surface area contributed by atoms with Gasteiger partial charge in [0.05, 0.1) is 33.4 Å². The van der Waals surface area contributed by atoms with E-state index in [9.17, 15) is 23.5 Å². The highest BCUT2D eigenvalue weighted by Crippen LogP contribution is 2.30. The van der Waals surface area contributed by atoms with Crippen molar-refractivity contribution in [2.45, 2.75) is 0 Å². The number of thiazole rings is 1. The highest BCUT2D eigenvalue weighted by molar-refractivity contribution is 7.19. The van der Waals surface area contributed by atoms with Crippen LogP contribution < -0.4 is 10.6 Å². The molecule has 0 saturated heterocycles. The second-order valence-electron chi connectivity index (χ2n) is 5.73. The Labute approximate surface area is 164 Å². The number of aromatic carboxylic acids is 1. The molecule has 0 fully saturated rings. The van der Waals surface area contributed by atoms with Crippen LogP contribution in [-0.2, 0) is 0 Å². The summed E-state index contributed by atoms with van der Waals surface area (Å²) in [5.41, 5.74) is 0.307. The van der Waals surface area contributed by atoms with E-state index >= 15 is 0 Å². The third-order valence-corrected chi connectivity index (χ3v) is 4.74. The van der Waals surface area contributed by atoms with Crippen LogP contribution in [0, 0.1) is 11.6 Å². The van der Waals surface area contributed by atoms with E-state index in [4.69, 9.17) is 0 Å². The number of carboxylic acid groups (broad SMARTS) is 1. The van der Waals surface area contributed by atoms with E-state index in [-0.39, 0.29) is 16.4 Å². The number of hydrogen-bond donors (Lipinski definition) is 4. The van der Waals surface area contributed by atoms with Crippen molar-refractivity contribution in [3.8, 4) is 10.6 Å². The topological polar surface area (TPSA) is 133 Å². The largest absolute Gasteiger partial charge is 0.478 e. The van der Waals surface area contributed by atoms with Gasteiger partial charge >= 0.3 is 12.0 Å². The number of H-pyrrole nitrogens is 1. The number of urea groups is 1. The Kier molecular flexibility index (Phi) is 4.60. The number of fused-ring (bicyclic) bond motifs is 1. The van der Waals surface area contributed by atoms with Crippen molar-refractivity contribution >= 4 is 45.2 Å². The second kappa shape index (κ2) is 7.24. The Hall–Kier alpha value is -3.93. The van der Waals surface area contributed by atoms with E-state index in [0.717, 1.165) is 29.5 Å². The molecule has 0 aliphatic carbocycles. The van der Waals surface area contributed by atoms with E-state index in [2.05, 4.69) is 30.8 Å².